The molecule has 24 heavy (non-hydrogen) atoms. The van der Waals surface area contributed by atoms with E-state index in [1.54, 1.807) is 18.0 Å². The van der Waals surface area contributed by atoms with Gasteiger partial charge >= 0.3 is 0 Å². The zero-order chi connectivity index (χ0) is 16.6. The lowest BCUT2D eigenvalue weighted by Gasteiger charge is -2.10. The fraction of sp³-hybridized carbons (Fsp3) is 0.278. The van der Waals surface area contributed by atoms with Gasteiger partial charge in [-0.2, -0.15) is 0 Å². The first kappa shape index (κ1) is 16.7. The van der Waals surface area contributed by atoms with E-state index in [1.807, 2.05) is 43.5 Å². The summed E-state index contributed by atoms with van der Waals surface area (Å²) in [4.78, 5) is 4.20. The maximum Gasteiger partial charge on any atom is 0.191 e. The van der Waals surface area contributed by atoms with Crippen LogP contribution in [0.2, 0.25) is 0 Å². The topological polar surface area (TPSA) is 52.8 Å². The quantitative estimate of drug-likeness (QED) is 0.464. The fourth-order valence-corrected chi connectivity index (χ4v) is 3.14. The Balaban J connectivity index is 1.87. The molecule has 3 aromatic rings. The molecule has 0 radical (unpaired) electrons. The van der Waals surface area contributed by atoms with Gasteiger partial charge in [0.15, 0.2) is 11.0 Å². The lowest BCUT2D eigenvalue weighted by atomic mass is 10.2. The summed E-state index contributed by atoms with van der Waals surface area (Å²) in [6, 6.07) is 14.3. The Kier molecular flexibility index (Phi) is 5.98. The van der Waals surface area contributed by atoms with Gasteiger partial charge in [0.2, 0.25) is 0 Å². The first-order valence-electron chi connectivity index (χ1n) is 7.96. The van der Waals surface area contributed by atoms with Gasteiger partial charge in [-0.1, -0.05) is 42.1 Å². The monoisotopic (exact) mass is 340 g/mol. The molecule has 0 N–H and O–H groups in total. The molecule has 5 nitrogen and oxygen atoms in total. The fourth-order valence-electron chi connectivity index (χ4n) is 2.35. The van der Waals surface area contributed by atoms with Crippen LogP contribution in [0.4, 0.5) is 0 Å². The third-order valence-corrected chi connectivity index (χ3v) is 4.41. The standard InChI is InChI=1S/C18H20N4OS/c1-2-23-11-12-24-18-21-20-17(16-9-6-10-19-13-16)22(18)14-15-7-4-3-5-8-15/h3-10,13H,2,11-12,14H2,1H3. The molecule has 6 heteroatoms. The Morgan fingerprint density at radius 3 is 2.71 bits per heavy atom. The van der Waals surface area contributed by atoms with Crippen molar-refractivity contribution in [3.05, 3.63) is 60.4 Å². The number of ether oxygens (including phenoxy) is 1. The van der Waals surface area contributed by atoms with Gasteiger partial charge < -0.3 is 4.74 Å². The molecule has 0 amide bonds. The van der Waals surface area contributed by atoms with Crippen molar-refractivity contribution in [2.45, 2.75) is 18.6 Å². The van der Waals surface area contributed by atoms with Crippen LogP contribution in [0.1, 0.15) is 12.5 Å². The predicted octanol–water partition coefficient (Wildman–Crippen LogP) is 3.52. The molecule has 0 aliphatic rings. The number of hydrogen-bond donors (Lipinski definition) is 0. The van der Waals surface area contributed by atoms with E-state index in [0.29, 0.717) is 6.61 Å². The minimum absolute atomic E-state index is 0.710. The van der Waals surface area contributed by atoms with Crippen LogP contribution in [-0.2, 0) is 11.3 Å². The zero-order valence-corrected chi connectivity index (χ0v) is 14.4. The molecule has 2 heterocycles. The molecule has 0 aliphatic carbocycles. The number of rotatable bonds is 8. The van der Waals surface area contributed by atoms with Crippen molar-refractivity contribution < 1.29 is 4.74 Å². The summed E-state index contributed by atoms with van der Waals surface area (Å²) in [5, 5.41) is 9.67. The Labute approximate surface area is 146 Å². The van der Waals surface area contributed by atoms with Crippen LogP contribution in [0.5, 0.6) is 0 Å². The number of thioether (sulfide) groups is 1. The molecule has 0 saturated heterocycles. The zero-order valence-electron chi connectivity index (χ0n) is 13.6. The lowest BCUT2D eigenvalue weighted by molar-refractivity contribution is 0.164. The third-order valence-electron chi connectivity index (χ3n) is 3.48. The molecule has 2 aromatic heterocycles. The van der Waals surface area contributed by atoms with Crippen molar-refractivity contribution >= 4 is 11.8 Å². The summed E-state index contributed by atoms with van der Waals surface area (Å²) in [6.07, 6.45) is 3.58. The Hall–Kier alpha value is -2.18. The average Bonchev–Trinajstić information content (AvgIpc) is 3.03. The van der Waals surface area contributed by atoms with Crippen LogP contribution in [0.3, 0.4) is 0 Å². The summed E-state index contributed by atoms with van der Waals surface area (Å²) < 4.78 is 7.56. The number of hydrogen-bond acceptors (Lipinski definition) is 5. The maximum absolute atomic E-state index is 5.42. The summed E-state index contributed by atoms with van der Waals surface area (Å²) in [6.45, 7) is 4.18. The Morgan fingerprint density at radius 1 is 1.08 bits per heavy atom. The van der Waals surface area contributed by atoms with E-state index in [9.17, 15) is 0 Å². The summed E-state index contributed by atoms with van der Waals surface area (Å²) >= 11 is 1.67. The lowest BCUT2D eigenvalue weighted by Crippen LogP contribution is -2.05. The van der Waals surface area contributed by atoms with Crippen LogP contribution in [0, 0.1) is 0 Å². The number of aromatic nitrogens is 4. The molecule has 0 aliphatic heterocycles. The van der Waals surface area contributed by atoms with Gasteiger partial charge in [-0.25, -0.2) is 0 Å². The van der Waals surface area contributed by atoms with Crippen molar-refractivity contribution in [2.24, 2.45) is 0 Å². The van der Waals surface area contributed by atoms with Gasteiger partial charge in [-0.15, -0.1) is 10.2 Å². The second-order valence-electron chi connectivity index (χ2n) is 5.17. The normalized spacial score (nSPS) is 10.9. The van der Waals surface area contributed by atoms with Crippen molar-refractivity contribution in [1.29, 1.82) is 0 Å². The minimum atomic E-state index is 0.710. The molecular weight excluding hydrogens is 320 g/mol. The highest BCUT2D eigenvalue weighted by atomic mass is 32.2. The van der Waals surface area contributed by atoms with E-state index in [4.69, 9.17) is 4.74 Å². The molecule has 0 atom stereocenters. The Bertz CT molecular complexity index is 746. The molecule has 0 bridgehead atoms. The predicted molar refractivity (Wildman–Crippen MR) is 96.0 cm³/mol. The van der Waals surface area contributed by atoms with Gasteiger partial charge in [-0.05, 0) is 24.6 Å². The second kappa shape index (κ2) is 8.61. The minimum Gasteiger partial charge on any atom is -0.381 e. The highest BCUT2D eigenvalue weighted by molar-refractivity contribution is 7.99. The van der Waals surface area contributed by atoms with Gasteiger partial charge in [0.25, 0.3) is 0 Å². The van der Waals surface area contributed by atoms with Crippen LogP contribution in [0.25, 0.3) is 11.4 Å². The largest absolute Gasteiger partial charge is 0.381 e. The molecular formula is C18H20N4OS. The second-order valence-corrected chi connectivity index (χ2v) is 6.23. The number of nitrogens with zero attached hydrogens (tertiary/aromatic N) is 4. The summed E-state index contributed by atoms with van der Waals surface area (Å²) in [5.74, 6) is 1.69. The number of benzene rings is 1. The molecule has 0 fully saturated rings. The van der Waals surface area contributed by atoms with E-state index < -0.39 is 0 Å². The first-order valence-corrected chi connectivity index (χ1v) is 8.95. The van der Waals surface area contributed by atoms with E-state index in [1.165, 1.54) is 5.56 Å². The van der Waals surface area contributed by atoms with Gasteiger partial charge in [-0.3, -0.25) is 9.55 Å². The van der Waals surface area contributed by atoms with Crippen molar-refractivity contribution in [2.75, 3.05) is 19.0 Å². The third kappa shape index (κ3) is 4.21. The van der Waals surface area contributed by atoms with Gasteiger partial charge in [0, 0.05) is 30.3 Å². The first-order chi connectivity index (χ1) is 11.9. The molecule has 3 rings (SSSR count). The maximum atomic E-state index is 5.42. The molecule has 0 unspecified atom stereocenters. The van der Waals surface area contributed by atoms with Crippen molar-refractivity contribution in [3.63, 3.8) is 0 Å². The molecule has 0 saturated carbocycles. The van der Waals surface area contributed by atoms with Crippen molar-refractivity contribution in [3.8, 4) is 11.4 Å². The Morgan fingerprint density at radius 2 is 1.96 bits per heavy atom. The van der Waals surface area contributed by atoms with Crippen LogP contribution in [0.15, 0.2) is 60.0 Å². The summed E-state index contributed by atoms with van der Waals surface area (Å²) in [5.41, 5.74) is 2.19. The highest BCUT2D eigenvalue weighted by Crippen LogP contribution is 2.24. The van der Waals surface area contributed by atoms with E-state index in [-0.39, 0.29) is 0 Å². The molecule has 124 valence electrons. The SMILES string of the molecule is CCOCCSc1nnc(-c2cccnc2)n1Cc1ccccc1. The van der Waals surface area contributed by atoms with E-state index >= 15 is 0 Å². The smallest absolute Gasteiger partial charge is 0.191 e. The molecule has 0 spiro atoms. The van der Waals surface area contributed by atoms with Crippen LogP contribution in [-0.4, -0.2) is 38.7 Å². The van der Waals surface area contributed by atoms with E-state index in [2.05, 4.69) is 31.9 Å². The molecule has 1 aromatic carbocycles. The van der Waals surface area contributed by atoms with Gasteiger partial charge in [0.1, 0.15) is 0 Å². The average molecular weight is 340 g/mol. The van der Waals surface area contributed by atoms with Crippen LogP contribution >= 0.6 is 11.8 Å². The van der Waals surface area contributed by atoms with Crippen molar-refractivity contribution in [1.82, 2.24) is 19.7 Å². The summed E-state index contributed by atoms with van der Waals surface area (Å²) in [7, 11) is 0. The van der Waals surface area contributed by atoms with Gasteiger partial charge in [0.05, 0.1) is 13.2 Å². The number of pyridine rings is 1. The van der Waals surface area contributed by atoms with Crippen LogP contribution < -0.4 is 0 Å². The highest BCUT2D eigenvalue weighted by Gasteiger charge is 2.14. The van der Waals surface area contributed by atoms with E-state index in [0.717, 1.165) is 35.4 Å².